The molecular formula is C25H32O2. The average molecular weight is 365 g/mol. The maximum absolute atomic E-state index is 11.4. The average Bonchev–Trinajstić information content (AvgIpc) is 2.69. The van der Waals surface area contributed by atoms with E-state index < -0.39 is 0 Å². The van der Waals surface area contributed by atoms with E-state index in [1.54, 1.807) is 6.92 Å². The number of carbonyl (C=O) groups excluding carboxylic acids is 1. The Balaban J connectivity index is 1.60. The first kappa shape index (κ1) is 19.7. The van der Waals surface area contributed by atoms with E-state index in [4.69, 9.17) is 4.74 Å². The van der Waals surface area contributed by atoms with E-state index in [0.29, 0.717) is 12.2 Å². The lowest BCUT2D eigenvalue weighted by molar-refractivity contribution is -0.134. The largest absolute Gasteiger partial charge is 0.427 e. The van der Waals surface area contributed by atoms with Crippen LogP contribution in [0.1, 0.15) is 70.8 Å². The molecule has 0 radical (unpaired) electrons. The van der Waals surface area contributed by atoms with Crippen molar-refractivity contribution in [2.24, 2.45) is 11.8 Å². The molecule has 0 atom stereocenters. The Bertz CT molecular complexity index is 720. The second-order valence-electron chi connectivity index (χ2n) is 8.32. The van der Waals surface area contributed by atoms with E-state index >= 15 is 0 Å². The standard InChI is InChI=1S/C25H32O2/c1-4-25(26)27-24-15-13-23(14-16-24)22-11-9-21(10-12-22)20-7-5-19(6-8-20)17-18(2)3/h9-16,18-20H,4-8,17H2,1-3H3. The molecule has 27 heavy (non-hydrogen) atoms. The van der Waals surface area contributed by atoms with Gasteiger partial charge in [-0.25, -0.2) is 0 Å². The van der Waals surface area contributed by atoms with Gasteiger partial charge >= 0.3 is 5.97 Å². The van der Waals surface area contributed by atoms with Gasteiger partial charge in [0.15, 0.2) is 0 Å². The Morgan fingerprint density at radius 2 is 1.48 bits per heavy atom. The summed E-state index contributed by atoms with van der Waals surface area (Å²) < 4.78 is 5.25. The molecule has 3 rings (SSSR count). The fourth-order valence-corrected chi connectivity index (χ4v) is 4.26. The van der Waals surface area contributed by atoms with Gasteiger partial charge in [0.1, 0.15) is 5.75 Å². The number of hydrogen-bond acceptors (Lipinski definition) is 2. The lowest BCUT2D eigenvalue weighted by Crippen LogP contribution is -2.14. The molecule has 0 bridgehead atoms. The molecule has 0 unspecified atom stereocenters. The zero-order valence-electron chi connectivity index (χ0n) is 16.9. The first-order chi connectivity index (χ1) is 13.0. The normalized spacial score (nSPS) is 19.9. The van der Waals surface area contributed by atoms with Gasteiger partial charge < -0.3 is 4.74 Å². The van der Waals surface area contributed by atoms with Crippen LogP contribution in [0.5, 0.6) is 5.75 Å². The Hall–Kier alpha value is -2.09. The zero-order chi connectivity index (χ0) is 19.2. The lowest BCUT2D eigenvalue weighted by atomic mass is 9.76. The molecule has 2 aromatic carbocycles. The Morgan fingerprint density at radius 3 is 2.00 bits per heavy atom. The Labute approximate surface area is 164 Å². The molecule has 0 N–H and O–H groups in total. The van der Waals surface area contributed by atoms with Crippen LogP contribution in [0, 0.1) is 11.8 Å². The minimum atomic E-state index is -0.199. The second kappa shape index (κ2) is 9.21. The molecule has 144 valence electrons. The SMILES string of the molecule is CCC(=O)Oc1ccc(-c2ccc(C3CCC(CC(C)C)CC3)cc2)cc1. The lowest BCUT2D eigenvalue weighted by Gasteiger charge is -2.29. The maximum atomic E-state index is 11.4. The third-order valence-corrected chi connectivity index (χ3v) is 5.74. The van der Waals surface area contributed by atoms with Crippen LogP contribution in [0.15, 0.2) is 48.5 Å². The second-order valence-corrected chi connectivity index (χ2v) is 8.32. The molecule has 0 heterocycles. The highest BCUT2D eigenvalue weighted by Gasteiger charge is 2.22. The van der Waals surface area contributed by atoms with Gasteiger partial charge in [0.25, 0.3) is 0 Å². The van der Waals surface area contributed by atoms with Gasteiger partial charge in [-0.1, -0.05) is 57.2 Å². The highest BCUT2D eigenvalue weighted by molar-refractivity contribution is 5.72. The zero-order valence-corrected chi connectivity index (χ0v) is 16.9. The van der Waals surface area contributed by atoms with Crippen molar-refractivity contribution < 1.29 is 9.53 Å². The minimum absolute atomic E-state index is 0.199. The molecule has 0 aromatic heterocycles. The van der Waals surface area contributed by atoms with Gasteiger partial charge in [0.2, 0.25) is 0 Å². The fourth-order valence-electron chi connectivity index (χ4n) is 4.26. The number of hydrogen-bond donors (Lipinski definition) is 0. The van der Waals surface area contributed by atoms with E-state index in [1.807, 2.05) is 24.3 Å². The van der Waals surface area contributed by atoms with E-state index in [-0.39, 0.29) is 5.97 Å². The van der Waals surface area contributed by atoms with Crippen LogP contribution in [0.25, 0.3) is 11.1 Å². The molecule has 1 aliphatic rings. The van der Waals surface area contributed by atoms with Crippen molar-refractivity contribution in [3.8, 4) is 16.9 Å². The van der Waals surface area contributed by atoms with Crippen molar-refractivity contribution in [3.63, 3.8) is 0 Å². The molecule has 1 fully saturated rings. The molecule has 2 heteroatoms. The van der Waals surface area contributed by atoms with E-state index in [0.717, 1.165) is 23.3 Å². The minimum Gasteiger partial charge on any atom is -0.427 e. The smallest absolute Gasteiger partial charge is 0.310 e. The highest BCUT2D eigenvalue weighted by atomic mass is 16.5. The van der Waals surface area contributed by atoms with Crippen molar-refractivity contribution >= 4 is 5.97 Å². The maximum Gasteiger partial charge on any atom is 0.310 e. The molecule has 2 nitrogen and oxygen atoms in total. The van der Waals surface area contributed by atoms with Crippen LogP contribution < -0.4 is 4.74 Å². The number of carbonyl (C=O) groups is 1. The first-order valence-electron chi connectivity index (χ1n) is 10.5. The van der Waals surface area contributed by atoms with E-state index in [9.17, 15) is 4.79 Å². The van der Waals surface area contributed by atoms with Crippen molar-refractivity contribution in [2.45, 2.75) is 65.2 Å². The summed E-state index contributed by atoms with van der Waals surface area (Å²) in [5, 5.41) is 0. The van der Waals surface area contributed by atoms with Gasteiger partial charge in [-0.2, -0.15) is 0 Å². The molecule has 0 aliphatic heterocycles. The molecule has 2 aromatic rings. The van der Waals surface area contributed by atoms with Crippen LogP contribution in [0.2, 0.25) is 0 Å². The fraction of sp³-hybridized carbons (Fsp3) is 0.480. The molecular weight excluding hydrogens is 332 g/mol. The summed E-state index contributed by atoms with van der Waals surface area (Å²) in [6.45, 7) is 6.48. The molecule has 0 spiro atoms. The van der Waals surface area contributed by atoms with Crippen LogP contribution in [0.3, 0.4) is 0 Å². The van der Waals surface area contributed by atoms with Gasteiger partial charge in [0.05, 0.1) is 0 Å². The predicted octanol–water partition coefficient (Wildman–Crippen LogP) is 6.99. The number of rotatable bonds is 6. The summed E-state index contributed by atoms with van der Waals surface area (Å²) in [7, 11) is 0. The monoisotopic (exact) mass is 364 g/mol. The Kier molecular flexibility index (Phi) is 6.71. The van der Waals surface area contributed by atoms with Crippen molar-refractivity contribution in [2.75, 3.05) is 0 Å². The number of benzene rings is 2. The molecule has 0 amide bonds. The third-order valence-electron chi connectivity index (χ3n) is 5.74. The van der Waals surface area contributed by atoms with Gasteiger partial charge in [-0.15, -0.1) is 0 Å². The first-order valence-corrected chi connectivity index (χ1v) is 10.5. The van der Waals surface area contributed by atoms with Crippen molar-refractivity contribution in [1.82, 2.24) is 0 Å². The van der Waals surface area contributed by atoms with Gasteiger partial charge in [-0.3, -0.25) is 4.79 Å². The summed E-state index contributed by atoms with van der Waals surface area (Å²) in [5.74, 6) is 2.89. The van der Waals surface area contributed by atoms with Crippen molar-refractivity contribution in [3.05, 3.63) is 54.1 Å². The summed E-state index contributed by atoms with van der Waals surface area (Å²) >= 11 is 0. The summed E-state index contributed by atoms with van der Waals surface area (Å²) in [5.41, 5.74) is 3.84. The van der Waals surface area contributed by atoms with Crippen LogP contribution in [0.4, 0.5) is 0 Å². The summed E-state index contributed by atoms with van der Waals surface area (Å²) in [4.78, 5) is 11.4. The number of esters is 1. The van der Waals surface area contributed by atoms with Gasteiger partial charge in [0, 0.05) is 6.42 Å². The van der Waals surface area contributed by atoms with Crippen LogP contribution in [-0.4, -0.2) is 5.97 Å². The predicted molar refractivity (Wildman–Crippen MR) is 112 cm³/mol. The molecule has 1 aliphatic carbocycles. The summed E-state index contributed by atoms with van der Waals surface area (Å²) in [6.07, 6.45) is 7.19. The van der Waals surface area contributed by atoms with E-state index in [1.165, 1.54) is 43.2 Å². The summed E-state index contributed by atoms with van der Waals surface area (Å²) in [6, 6.07) is 16.8. The van der Waals surface area contributed by atoms with Crippen LogP contribution >= 0.6 is 0 Å². The molecule has 0 saturated heterocycles. The number of ether oxygens (including phenoxy) is 1. The van der Waals surface area contributed by atoms with E-state index in [2.05, 4.69) is 38.1 Å². The highest BCUT2D eigenvalue weighted by Crippen LogP contribution is 2.38. The quantitative estimate of drug-likeness (QED) is 0.408. The van der Waals surface area contributed by atoms with Crippen molar-refractivity contribution in [1.29, 1.82) is 0 Å². The van der Waals surface area contributed by atoms with Gasteiger partial charge in [-0.05, 0) is 78.7 Å². The molecule has 1 saturated carbocycles. The Morgan fingerprint density at radius 1 is 0.926 bits per heavy atom. The topological polar surface area (TPSA) is 26.3 Å². The third kappa shape index (κ3) is 5.45. The van der Waals surface area contributed by atoms with Crippen LogP contribution in [-0.2, 0) is 4.79 Å².